The maximum absolute atomic E-state index is 11.9. The van der Waals surface area contributed by atoms with Gasteiger partial charge in [0.2, 0.25) is 5.91 Å². The van der Waals surface area contributed by atoms with Crippen LogP contribution in [0, 0.1) is 13.8 Å². The summed E-state index contributed by atoms with van der Waals surface area (Å²) in [4.78, 5) is 17.1. The summed E-state index contributed by atoms with van der Waals surface area (Å²) in [5.41, 5.74) is 0.878. The van der Waals surface area contributed by atoms with Crippen LogP contribution in [0.2, 0.25) is 0 Å². The molecule has 0 aliphatic rings. The average Bonchev–Trinajstić information content (AvgIpc) is 2.95. The monoisotopic (exact) mass is 326 g/mol. The number of hydrogen-bond acceptors (Lipinski definition) is 7. The molecule has 2 rings (SSSR count). The zero-order valence-electron chi connectivity index (χ0n) is 12.6. The van der Waals surface area contributed by atoms with E-state index in [0.29, 0.717) is 11.1 Å². The second-order valence-electron chi connectivity index (χ2n) is 4.94. The van der Waals surface area contributed by atoms with Gasteiger partial charge in [-0.2, -0.15) is 0 Å². The molecule has 0 saturated carbocycles. The molecule has 0 fully saturated rings. The lowest BCUT2D eigenvalue weighted by Gasteiger charge is -2.12. The van der Waals surface area contributed by atoms with Crippen LogP contribution in [0.1, 0.15) is 31.5 Å². The second kappa shape index (κ2) is 6.57. The van der Waals surface area contributed by atoms with Crippen molar-refractivity contribution in [3.05, 3.63) is 10.7 Å². The lowest BCUT2D eigenvalue weighted by atomic mass is 10.3. The normalized spacial score (nSPS) is 12.7. The highest BCUT2D eigenvalue weighted by Crippen LogP contribution is 2.31. The van der Waals surface area contributed by atoms with Crippen LogP contribution in [0.3, 0.4) is 0 Å². The molecule has 1 atom stereocenters. The first kappa shape index (κ1) is 16.0. The van der Waals surface area contributed by atoms with Gasteiger partial charge in [-0.1, -0.05) is 11.8 Å². The molecule has 1 unspecified atom stereocenters. The number of nitrogens with one attached hydrogen (secondary N) is 1. The summed E-state index contributed by atoms with van der Waals surface area (Å²) >= 11 is 2.77. The minimum Gasteiger partial charge on any atom is -0.410 e. The molecule has 114 valence electrons. The Bertz CT molecular complexity index is 636. The zero-order valence-corrected chi connectivity index (χ0v) is 14.3. The summed E-state index contributed by atoms with van der Waals surface area (Å²) in [5.74, 6) is 0.414. The van der Waals surface area contributed by atoms with Crippen LogP contribution >= 0.6 is 23.1 Å². The maximum atomic E-state index is 11.9. The molecule has 0 saturated heterocycles. The van der Waals surface area contributed by atoms with Gasteiger partial charge in [0.05, 0.1) is 16.0 Å². The zero-order chi connectivity index (χ0) is 15.6. The Morgan fingerprint density at radius 2 is 2.00 bits per heavy atom. The highest BCUT2D eigenvalue weighted by molar-refractivity contribution is 8.00. The largest absolute Gasteiger partial charge is 0.410 e. The summed E-state index contributed by atoms with van der Waals surface area (Å²) in [6.07, 6.45) is 0. The second-order valence-corrected chi connectivity index (χ2v) is 7.44. The SMILES string of the molecule is Cc1nc(C)c(-c2nnc(SC(C)C(=O)NC(C)C)o2)s1. The molecule has 6 nitrogen and oxygen atoms in total. The van der Waals surface area contributed by atoms with Gasteiger partial charge in [-0.3, -0.25) is 4.79 Å². The van der Waals surface area contributed by atoms with Gasteiger partial charge in [0, 0.05) is 6.04 Å². The molecule has 2 aromatic heterocycles. The Kier molecular flexibility index (Phi) is 5.00. The van der Waals surface area contributed by atoms with Gasteiger partial charge in [-0.05, 0) is 34.6 Å². The smallest absolute Gasteiger partial charge is 0.277 e. The van der Waals surface area contributed by atoms with Crippen LogP contribution in [0.25, 0.3) is 10.8 Å². The molecule has 8 heteroatoms. The summed E-state index contributed by atoms with van der Waals surface area (Å²) in [6, 6.07) is 0.113. The van der Waals surface area contributed by atoms with Gasteiger partial charge in [0.15, 0.2) is 0 Å². The van der Waals surface area contributed by atoms with Gasteiger partial charge < -0.3 is 9.73 Å². The quantitative estimate of drug-likeness (QED) is 0.851. The van der Waals surface area contributed by atoms with Crippen molar-refractivity contribution in [3.8, 4) is 10.8 Å². The molecule has 0 radical (unpaired) electrons. The number of carbonyl (C=O) groups is 1. The molecular formula is C13H18N4O2S2. The lowest BCUT2D eigenvalue weighted by molar-refractivity contribution is -0.120. The third-order valence-electron chi connectivity index (χ3n) is 2.58. The van der Waals surface area contributed by atoms with Crippen LogP contribution in [0.5, 0.6) is 0 Å². The van der Waals surface area contributed by atoms with Crippen molar-refractivity contribution in [2.45, 2.75) is 51.1 Å². The van der Waals surface area contributed by atoms with Gasteiger partial charge in [0.25, 0.3) is 11.1 Å². The van der Waals surface area contributed by atoms with E-state index in [1.165, 1.54) is 23.1 Å². The van der Waals surface area contributed by atoms with E-state index in [1.807, 2.05) is 34.6 Å². The Hall–Kier alpha value is -1.41. The van der Waals surface area contributed by atoms with Crippen LogP contribution < -0.4 is 5.32 Å². The number of aryl methyl sites for hydroxylation is 2. The Balaban J connectivity index is 2.07. The first-order valence-corrected chi connectivity index (χ1v) is 8.31. The summed E-state index contributed by atoms with van der Waals surface area (Å²) in [6.45, 7) is 9.51. The van der Waals surface area contributed by atoms with Crippen LogP contribution in [-0.4, -0.2) is 32.4 Å². The first-order chi connectivity index (χ1) is 9.86. The number of amides is 1. The van der Waals surface area contributed by atoms with Gasteiger partial charge >= 0.3 is 0 Å². The van der Waals surface area contributed by atoms with Crippen molar-refractivity contribution < 1.29 is 9.21 Å². The molecule has 0 aliphatic carbocycles. The van der Waals surface area contributed by atoms with E-state index in [9.17, 15) is 4.79 Å². The van der Waals surface area contributed by atoms with Crippen LogP contribution in [0.15, 0.2) is 9.64 Å². The van der Waals surface area contributed by atoms with Crippen molar-refractivity contribution in [2.75, 3.05) is 0 Å². The van der Waals surface area contributed by atoms with Crippen molar-refractivity contribution in [2.24, 2.45) is 0 Å². The van der Waals surface area contributed by atoms with Crippen LogP contribution in [-0.2, 0) is 4.79 Å². The van der Waals surface area contributed by atoms with Crippen molar-refractivity contribution in [3.63, 3.8) is 0 Å². The topological polar surface area (TPSA) is 80.9 Å². The van der Waals surface area contributed by atoms with Crippen molar-refractivity contribution in [1.82, 2.24) is 20.5 Å². The summed E-state index contributed by atoms with van der Waals surface area (Å²) in [7, 11) is 0. The molecule has 0 aliphatic heterocycles. The number of aromatic nitrogens is 3. The fourth-order valence-electron chi connectivity index (χ4n) is 1.69. The molecule has 0 bridgehead atoms. The number of rotatable bonds is 5. The fourth-order valence-corrected chi connectivity index (χ4v) is 3.22. The number of thiazole rings is 1. The molecule has 2 aromatic rings. The standard InChI is InChI=1S/C13H18N4O2S2/c1-6(2)14-11(18)8(4)20-13-17-16-12(19-13)10-7(3)15-9(5)21-10/h6,8H,1-5H3,(H,14,18). The molecular weight excluding hydrogens is 308 g/mol. The molecule has 1 N–H and O–H groups in total. The van der Waals surface area contributed by atoms with E-state index >= 15 is 0 Å². The minimum atomic E-state index is -0.287. The Morgan fingerprint density at radius 1 is 1.29 bits per heavy atom. The van der Waals surface area contributed by atoms with E-state index in [-0.39, 0.29) is 17.2 Å². The predicted molar refractivity (Wildman–Crippen MR) is 83.5 cm³/mol. The molecule has 2 heterocycles. The third-order valence-corrected chi connectivity index (χ3v) is 4.58. The highest BCUT2D eigenvalue weighted by Gasteiger charge is 2.20. The third kappa shape index (κ3) is 4.04. The van der Waals surface area contributed by atoms with E-state index in [1.54, 1.807) is 0 Å². The number of nitrogens with zero attached hydrogens (tertiary/aromatic N) is 3. The highest BCUT2D eigenvalue weighted by atomic mass is 32.2. The van der Waals surface area contributed by atoms with Crippen molar-refractivity contribution in [1.29, 1.82) is 0 Å². The number of thioether (sulfide) groups is 1. The summed E-state index contributed by atoms with van der Waals surface area (Å²) < 4.78 is 5.62. The van der Waals surface area contributed by atoms with Gasteiger partial charge in [0.1, 0.15) is 4.88 Å². The molecule has 21 heavy (non-hydrogen) atoms. The predicted octanol–water partition coefficient (Wildman–Crippen LogP) is 2.82. The number of carbonyl (C=O) groups excluding carboxylic acids is 1. The van der Waals surface area contributed by atoms with E-state index < -0.39 is 0 Å². The van der Waals surface area contributed by atoms with Gasteiger partial charge in [-0.15, -0.1) is 21.5 Å². The maximum Gasteiger partial charge on any atom is 0.277 e. The van der Waals surface area contributed by atoms with Gasteiger partial charge in [-0.25, -0.2) is 4.98 Å². The molecule has 0 aromatic carbocycles. The Labute approximate surface area is 131 Å². The summed E-state index contributed by atoms with van der Waals surface area (Å²) in [5, 5.41) is 11.9. The molecule has 0 spiro atoms. The Morgan fingerprint density at radius 3 is 2.57 bits per heavy atom. The minimum absolute atomic E-state index is 0.0421. The van der Waals surface area contributed by atoms with Crippen molar-refractivity contribution >= 4 is 29.0 Å². The lowest BCUT2D eigenvalue weighted by Crippen LogP contribution is -2.35. The van der Waals surface area contributed by atoms with Crippen LogP contribution in [0.4, 0.5) is 0 Å². The fraction of sp³-hybridized carbons (Fsp3) is 0.538. The van der Waals surface area contributed by atoms with E-state index in [2.05, 4.69) is 20.5 Å². The molecule has 1 amide bonds. The number of hydrogen-bond donors (Lipinski definition) is 1. The van der Waals surface area contributed by atoms with E-state index in [0.717, 1.165) is 15.6 Å². The van der Waals surface area contributed by atoms with E-state index in [4.69, 9.17) is 4.42 Å². The average molecular weight is 326 g/mol. The first-order valence-electron chi connectivity index (χ1n) is 6.61.